The van der Waals surface area contributed by atoms with E-state index in [2.05, 4.69) is 0 Å². The summed E-state index contributed by atoms with van der Waals surface area (Å²) in [6, 6.07) is 16.7. The van der Waals surface area contributed by atoms with Crippen LogP contribution in [0.15, 0.2) is 65.7 Å². The van der Waals surface area contributed by atoms with Crippen molar-refractivity contribution in [3.8, 4) is 0 Å². The van der Waals surface area contributed by atoms with Gasteiger partial charge in [-0.1, -0.05) is 48.5 Å². The summed E-state index contributed by atoms with van der Waals surface area (Å²) in [7, 11) is -3.94. The van der Waals surface area contributed by atoms with Crippen molar-refractivity contribution in [3.63, 3.8) is 0 Å². The lowest BCUT2D eigenvalue weighted by atomic mass is 10.2. The number of aromatic nitrogens is 1. The van der Waals surface area contributed by atoms with Gasteiger partial charge < -0.3 is 34.7 Å². The number of aliphatic carboxylic acids is 1. The van der Waals surface area contributed by atoms with Crippen molar-refractivity contribution in [2.24, 2.45) is 0 Å². The Hall–Kier alpha value is -2.76. The highest BCUT2D eigenvalue weighted by Crippen LogP contribution is 2.27. The summed E-state index contributed by atoms with van der Waals surface area (Å²) >= 11 is 0. The van der Waals surface area contributed by atoms with Gasteiger partial charge in [0.25, 0.3) is 0 Å². The van der Waals surface area contributed by atoms with E-state index in [4.69, 9.17) is 15.3 Å². The number of carboxylic acid groups (broad SMARTS) is 1. The molecule has 33 heavy (non-hydrogen) atoms. The first-order valence-corrected chi connectivity index (χ1v) is 12.2. The molecule has 0 spiro atoms. The van der Waals surface area contributed by atoms with Crippen LogP contribution < -0.4 is 10.0 Å². The van der Waals surface area contributed by atoms with Crippen LogP contribution in [0.1, 0.15) is 5.56 Å². The minimum atomic E-state index is -3.94. The van der Waals surface area contributed by atoms with Crippen molar-refractivity contribution >= 4 is 26.7 Å². The number of sulfone groups is 1. The molecule has 180 valence electrons. The van der Waals surface area contributed by atoms with Crippen LogP contribution in [0.4, 0.5) is 0 Å². The van der Waals surface area contributed by atoms with Gasteiger partial charge in [0.1, 0.15) is 19.6 Å². The molecule has 0 amide bonds. The molecule has 4 N–H and O–H groups in total. The molecular weight excluding hydrogens is 448 g/mol. The van der Waals surface area contributed by atoms with Crippen LogP contribution in [0, 0.1) is 0 Å². The fraction of sp³-hybridized carbons (Fsp3) is 0.348. The smallest absolute Gasteiger partial charge is 0.185 e. The van der Waals surface area contributed by atoms with Crippen LogP contribution >= 0.6 is 0 Å². The Morgan fingerprint density at radius 1 is 0.879 bits per heavy atom. The van der Waals surface area contributed by atoms with E-state index >= 15 is 0 Å². The second-order valence-corrected chi connectivity index (χ2v) is 9.38. The third-order valence-corrected chi connectivity index (χ3v) is 6.60. The quantitative estimate of drug-likeness (QED) is 0.251. The molecule has 0 radical (unpaired) electrons. The maximum atomic E-state index is 12.3. The Kier molecular flexibility index (Phi) is 10.5. The molecule has 3 rings (SSSR count). The molecule has 0 unspecified atom stereocenters. The molecule has 9 nitrogen and oxygen atoms in total. The van der Waals surface area contributed by atoms with Crippen molar-refractivity contribution in [2.75, 3.05) is 45.2 Å². The maximum absolute atomic E-state index is 12.3. The van der Waals surface area contributed by atoms with E-state index in [1.807, 2.05) is 47.0 Å². The number of carboxylic acids is 1. The summed E-state index contributed by atoms with van der Waals surface area (Å²) in [4.78, 5) is 11.8. The molecule has 0 saturated carbocycles. The van der Waals surface area contributed by atoms with Crippen molar-refractivity contribution < 1.29 is 38.5 Å². The molecule has 0 fully saturated rings. The average molecular weight is 479 g/mol. The molecule has 10 heteroatoms. The van der Waals surface area contributed by atoms with Gasteiger partial charge >= 0.3 is 0 Å². The Balaban J connectivity index is 0.000000328. The predicted octanol–water partition coefficient (Wildman–Crippen LogP) is -1.94. The minimum Gasteiger partial charge on any atom is -0.549 e. The number of rotatable bonds is 11. The molecule has 0 aliphatic carbocycles. The standard InChI is InChI=1S/C17H15NO4S.C6H15NO3/c19-17(20)12-23(21,22)16-11-18(10-13-6-2-1-3-7-13)15-9-5-4-8-14(15)16;8-4-1-7(2-5-9)3-6-10/h1-9,11H,10,12H2,(H,19,20);8-10H,1-6H2. The Bertz CT molecular complexity index is 1100. The van der Waals surface area contributed by atoms with Gasteiger partial charge in [0, 0.05) is 23.6 Å². The van der Waals surface area contributed by atoms with Gasteiger partial charge in [-0.15, -0.1) is 0 Å². The molecule has 2 aromatic carbocycles. The summed E-state index contributed by atoms with van der Waals surface area (Å²) in [5.41, 5.74) is 1.77. The monoisotopic (exact) mass is 478 g/mol. The molecule has 1 aromatic heterocycles. The van der Waals surface area contributed by atoms with Crippen molar-refractivity contribution in [2.45, 2.75) is 11.4 Å². The highest BCUT2D eigenvalue weighted by molar-refractivity contribution is 7.92. The third-order valence-electron chi connectivity index (χ3n) is 4.99. The van der Waals surface area contributed by atoms with Crippen LogP contribution in [0.25, 0.3) is 10.9 Å². The molecule has 0 atom stereocenters. The first-order chi connectivity index (χ1) is 15.8. The van der Waals surface area contributed by atoms with Gasteiger partial charge in [-0.05, 0) is 11.6 Å². The van der Waals surface area contributed by atoms with Crippen LogP contribution in [-0.2, 0) is 21.2 Å². The fourth-order valence-corrected chi connectivity index (χ4v) is 4.72. The van der Waals surface area contributed by atoms with Crippen LogP contribution in [0.5, 0.6) is 0 Å². The Morgan fingerprint density at radius 3 is 1.97 bits per heavy atom. The predicted molar refractivity (Wildman–Crippen MR) is 121 cm³/mol. The highest BCUT2D eigenvalue weighted by Gasteiger charge is 2.21. The number of hydrogen-bond donors (Lipinski definition) is 4. The van der Waals surface area contributed by atoms with Gasteiger partial charge in [0.05, 0.1) is 36.4 Å². The topological polar surface area (TPSA) is 144 Å². The normalized spacial score (nSPS) is 11.4. The molecule has 0 aliphatic rings. The third kappa shape index (κ3) is 7.95. The zero-order chi connectivity index (χ0) is 24.3. The molecule has 3 aromatic rings. The number of fused-ring (bicyclic) bond motifs is 1. The van der Waals surface area contributed by atoms with Crippen molar-refractivity contribution in [1.29, 1.82) is 0 Å². The van der Waals surface area contributed by atoms with Crippen LogP contribution in [-0.4, -0.2) is 79.5 Å². The van der Waals surface area contributed by atoms with E-state index in [-0.39, 0.29) is 24.7 Å². The number of carbonyl (C=O) groups is 1. The van der Waals surface area contributed by atoms with Gasteiger partial charge in [-0.2, -0.15) is 0 Å². The zero-order valence-electron chi connectivity index (χ0n) is 18.3. The van der Waals surface area contributed by atoms with E-state index in [9.17, 15) is 18.3 Å². The zero-order valence-corrected chi connectivity index (χ0v) is 19.1. The maximum Gasteiger partial charge on any atom is 0.185 e. The first-order valence-electron chi connectivity index (χ1n) is 10.5. The summed E-state index contributed by atoms with van der Waals surface area (Å²) < 4.78 is 26.4. The second kappa shape index (κ2) is 13.1. The average Bonchev–Trinajstić information content (AvgIpc) is 3.14. The van der Waals surface area contributed by atoms with Gasteiger partial charge in [-0.3, -0.25) is 0 Å². The first kappa shape index (κ1) is 26.5. The number of aliphatic hydroxyl groups is 3. The number of hydrogen-bond acceptors (Lipinski definition) is 7. The summed E-state index contributed by atoms with van der Waals surface area (Å²) in [6.07, 6.45) is 1.50. The lowest BCUT2D eigenvalue weighted by Gasteiger charge is -2.15. The Morgan fingerprint density at radius 2 is 1.42 bits per heavy atom. The highest BCUT2D eigenvalue weighted by atomic mass is 32.2. The van der Waals surface area contributed by atoms with E-state index in [0.717, 1.165) is 16.0 Å². The van der Waals surface area contributed by atoms with Crippen LogP contribution in [0.2, 0.25) is 0 Å². The summed E-state index contributed by atoms with van der Waals surface area (Å²) in [6.45, 7) is 2.62. The molecule has 0 saturated heterocycles. The van der Waals surface area contributed by atoms with E-state index in [0.29, 0.717) is 31.6 Å². The number of carbonyl (C=O) groups excluding carboxylic acids is 1. The number of quaternary nitrogens is 1. The second-order valence-electron chi connectivity index (χ2n) is 7.43. The number of nitrogens with zero attached hydrogens (tertiary/aromatic N) is 1. The summed E-state index contributed by atoms with van der Waals surface area (Å²) in [5.74, 6) is -2.63. The largest absolute Gasteiger partial charge is 0.549 e. The van der Waals surface area contributed by atoms with Gasteiger partial charge in [0.2, 0.25) is 0 Å². The fourth-order valence-electron chi connectivity index (χ4n) is 3.45. The molecule has 0 bridgehead atoms. The summed E-state index contributed by atoms with van der Waals surface area (Å²) in [5, 5.41) is 36.8. The minimum absolute atomic E-state index is 0.0215. The van der Waals surface area contributed by atoms with Gasteiger partial charge in [0.15, 0.2) is 9.84 Å². The van der Waals surface area contributed by atoms with Crippen molar-refractivity contribution in [1.82, 2.24) is 4.57 Å². The number of nitrogens with one attached hydrogen (secondary N) is 1. The van der Waals surface area contributed by atoms with E-state index in [1.54, 1.807) is 12.1 Å². The van der Waals surface area contributed by atoms with E-state index in [1.165, 1.54) is 6.20 Å². The van der Waals surface area contributed by atoms with E-state index < -0.39 is 21.6 Å². The SMILES string of the molecule is O=C([O-])CS(=O)(=O)c1cn(Cc2ccccc2)c2ccccc12.OCC[NH+](CCO)CCO. The Labute approximate surface area is 193 Å². The lowest BCUT2D eigenvalue weighted by molar-refractivity contribution is -0.901. The molecule has 0 aliphatic heterocycles. The lowest BCUT2D eigenvalue weighted by Crippen LogP contribution is -3.13. The van der Waals surface area contributed by atoms with Crippen molar-refractivity contribution in [3.05, 3.63) is 66.4 Å². The number of benzene rings is 2. The number of aliphatic hydroxyl groups excluding tert-OH is 3. The molecular formula is C23H30N2O7S. The number of para-hydroxylation sites is 1. The van der Waals surface area contributed by atoms with Gasteiger partial charge in [-0.25, -0.2) is 8.42 Å². The molecule has 1 heterocycles. The van der Waals surface area contributed by atoms with Crippen LogP contribution in [0.3, 0.4) is 0 Å².